The summed E-state index contributed by atoms with van der Waals surface area (Å²) in [5.74, 6) is -0.128. The second-order valence-corrected chi connectivity index (χ2v) is 5.72. The highest BCUT2D eigenvalue weighted by atomic mass is 16.3. The van der Waals surface area contributed by atoms with Crippen molar-refractivity contribution < 1.29 is 9.90 Å². The highest BCUT2D eigenvalue weighted by Crippen LogP contribution is 2.28. The number of aromatic nitrogens is 1. The minimum absolute atomic E-state index is 0.0129. The molecule has 0 saturated heterocycles. The Bertz CT molecular complexity index is 579. The van der Waals surface area contributed by atoms with Gasteiger partial charge in [0.25, 0.3) is 5.91 Å². The summed E-state index contributed by atoms with van der Waals surface area (Å²) >= 11 is 0. The van der Waals surface area contributed by atoms with Gasteiger partial charge in [0.05, 0.1) is 12.1 Å². The largest absolute Gasteiger partial charge is 0.394 e. The highest BCUT2D eigenvalue weighted by molar-refractivity contribution is 5.98. The van der Waals surface area contributed by atoms with Crippen LogP contribution in [0.25, 0.3) is 10.9 Å². The van der Waals surface area contributed by atoms with Crippen LogP contribution in [0, 0.1) is 0 Å². The van der Waals surface area contributed by atoms with Crippen molar-refractivity contribution in [2.45, 2.75) is 37.6 Å². The van der Waals surface area contributed by atoms with E-state index < -0.39 is 5.54 Å². The fraction of sp³-hybridized carbons (Fsp3) is 0.438. The number of aromatic amines is 1. The second-order valence-electron chi connectivity index (χ2n) is 5.72. The van der Waals surface area contributed by atoms with E-state index in [0.717, 1.165) is 36.6 Å². The summed E-state index contributed by atoms with van der Waals surface area (Å²) in [6, 6.07) is 9.68. The molecule has 0 radical (unpaired) electrons. The van der Waals surface area contributed by atoms with Gasteiger partial charge in [-0.05, 0) is 25.0 Å². The molecule has 1 saturated carbocycles. The molecule has 1 amide bonds. The van der Waals surface area contributed by atoms with Crippen molar-refractivity contribution in [1.82, 2.24) is 10.3 Å². The number of H-pyrrole nitrogens is 1. The predicted octanol–water partition coefficient (Wildman–Crippen LogP) is 2.59. The van der Waals surface area contributed by atoms with Gasteiger partial charge in [-0.2, -0.15) is 0 Å². The maximum Gasteiger partial charge on any atom is 0.268 e. The first-order chi connectivity index (χ1) is 9.72. The molecule has 4 nitrogen and oxygen atoms in total. The predicted molar refractivity (Wildman–Crippen MR) is 78.7 cm³/mol. The number of rotatable bonds is 3. The molecule has 20 heavy (non-hydrogen) atoms. The second kappa shape index (κ2) is 5.29. The van der Waals surface area contributed by atoms with Crippen LogP contribution in [0.1, 0.15) is 42.6 Å². The molecule has 2 aromatic rings. The lowest BCUT2D eigenvalue weighted by atomic mass is 9.82. The van der Waals surface area contributed by atoms with Gasteiger partial charge in [-0.15, -0.1) is 0 Å². The lowest BCUT2D eigenvalue weighted by Gasteiger charge is -2.36. The zero-order valence-corrected chi connectivity index (χ0v) is 11.5. The molecule has 3 N–H and O–H groups in total. The standard InChI is InChI=1S/C16H20N2O2/c19-11-16(8-4-1-5-9-16)18-15(20)14-10-12-6-2-3-7-13(12)17-14/h2-3,6-7,10,17,19H,1,4-5,8-9,11H2,(H,18,20). The average molecular weight is 272 g/mol. The molecule has 0 unspecified atom stereocenters. The SMILES string of the molecule is O=C(NC1(CO)CCCCC1)c1cc2ccccc2[nH]1. The summed E-state index contributed by atoms with van der Waals surface area (Å²) in [4.78, 5) is 15.5. The number of hydrogen-bond acceptors (Lipinski definition) is 2. The van der Waals surface area contributed by atoms with Crippen LogP contribution >= 0.6 is 0 Å². The van der Waals surface area contributed by atoms with E-state index in [1.807, 2.05) is 30.3 Å². The minimum Gasteiger partial charge on any atom is -0.394 e. The number of hydrogen-bond donors (Lipinski definition) is 3. The van der Waals surface area contributed by atoms with E-state index in [9.17, 15) is 9.90 Å². The van der Waals surface area contributed by atoms with E-state index in [4.69, 9.17) is 0 Å². The molecule has 1 heterocycles. The normalized spacial score (nSPS) is 18.1. The van der Waals surface area contributed by atoms with Gasteiger partial charge < -0.3 is 15.4 Å². The van der Waals surface area contributed by atoms with Gasteiger partial charge in [0, 0.05) is 10.9 Å². The summed E-state index contributed by atoms with van der Waals surface area (Å²) in [5, 5.41) is 13.7. The van der Waals surface area contributed by atoms with E-state index in [1.54, 1.807) is 0 Å². The quantitative estimate of drug-likeness (QED) is 0.804. The molecule has 0 aliphatic heterocycles. The lowest BCUT2D eigenvalue weighted by molar-refractivity contribution is 0.0754. The van der Waals surface area contributed by atoms with Crippen LogP contribution in [0.15, 0.2) is 30.3 Å². The summed E-state index contributed by atoms with van der Waals surface area (Å²) in [6.07, 6.45) is 5.02. The van der Waals surface area contributed by atoms with Crippen molar-refractivity contribution in [2.24, 2.45) is 0 Å². The zero-order valence-electron chi connectivity index (χ0n) is 11.5. The van der Waals surface area contributed by atoms with Crippen LogP contribution in [-0.2, 0) is 0 Å². The molecule has 0 spiro atoms. The third-order valence-electron chi connectivity index (χ3n) is 4.27. The molecule has 1 aromatic carbocycles. The Hall–Kier alpha value is -1.81. The molecule has 1 aromatic heterocycles. The van der Waals surface area contributed by atoms with Gasteiger partial charge in [-0.25, -0.2) is 0 Å². The molecule has 106 valence electrons. The fourth-order valence-corrected chi connectivity index (χ4v) is 3.06. The number of nitrogens with one attached hydrogen (secondary N) is 2. The van der Waals surface area contributed by atoms with Gasteiger partial charge >= 0.3 is 0 Å². The maximum atomic E-state index is 12.4. The Balaban J connectivity index is 1.81. The van der Waals surface area contributed by atoms with Gasteiger partial charge in [0.1, 0.15) is 5.69 Å². The van der Waals surface area contributed by atoms with Gasteiger partial charge in [-0.1, -0.05) is 37.5 Å². The van der Waals surface area contributed by atoms with Crippen molar-refractivity contribution in [1.29, 1.82) is 0 Å². The Labute approximate surface area is 118 Å². The van der Waals surface area contributed by atoms with Gasteiger partial charge in [0.2, 0.25) is 0 Å². The number of benzene rings is 1. The Morgan fingerprint density at radius 2 is 2.00 bits per heavy atom. The molecule has 0 atom stereocenters. The first-order valence-electron chi connectivity index (χ1n) is 7.24. The lowest BCUT2D eigenvalue weighted by Crippen LogP contribution is -2.52. The number of amides is 1. The third-order valence-corrected chi connectivity index (χ3v) is 4.27. The van der Waals surface area contributed by atoms with Crippen LogP contribution in [0.5, 0.6) is 0 Å². The monoisotopic (exact) mass is 272 g/mol. The molecule has 3 rings (SSSR count). The number of carbonyl (C=O) groups is 1. The van der Waals surface area contributed by atoms with Crippen LogP contribution in [-0.4, -0.2) is 28.1 Å². The maximum absolute atomic E-state index is 12.4. The summed E-state index contributed by atoms with van der Waals surface area (Å²) in [6.45, 7) is 0.0129. The summed E-state index contributed by atoms with van der Waals surface area (Å²) < 4.78 is 0. The smallest absolute Gasteiger partial charge is 0.268 e. The minimum atomic E-state index is -0.438. The van der Waals surface area contributed by atoms with E-state index >= 15 is 0 Å². The fourth-order valence-electron chi connectivity index (χ4n) is 3.06. The van der Waals surface area contributed by atoms with E-state index in [0.29, 0.717) is 5.69 Å². The number of para-hydroxylation sites is 1. The van der Waals surface area contributed by atoms with Crippen molar-refractivity contribution >= 4 is 16.8 Å². The molecule has 1 aliphatic carbocycles. The molecule has 0 bridgehead atoms. The zero-order chi connectivity index (χ0) is 14.0. The van der Waals surface area contributed by atoms with E-state index in [1.165, 1.54) is 6.42 Å². The van der Waals surface area contributed by atoms with Crippen LogP contribution in [0.3, 0.4) is 0 Å². The van der Waals surface area contributed by atoms with Crippen LogP contribution in [0.4, 0.5) is 0 Å². The van der Waals surface area contributed by atoms with Crippen molar-refractivity contribution in [2.75, 3.05) is 6.61 Å². The van der Waals surface area contributed by atoms with Crippen LogP contribution < -0.4 is 5.32 Å². The number of aliphatic hydroxyl groups is 1. The van der Waals surface area contributed by atoms with Crippen LogP contribution in [0.2, 0.25) is 0 Å². The Morgan fingerprint density at radius 3 is 2.70 bits per heavy atom. The molecular formula is C16H20N2O2. The van der Waals surface area contributed by atoms with Gasteiger partial charge in [-0.3, -0.25) is 4.79 Å². The highest BCUT2D eigenvalue weighted by Gasteiger charge is 2.33. The Kier molecular flexibility index (Phi) is 3.49. The topological polar surface area (TPSA) is 65.1 Å². The first-order valence-corrected chi connectivity index (χ1v) is 7.24. The summed E-state index contributed by atoms with van der Waals surface area (Å²) in [5.41, 5.74) is 1.08. The molecular weight excluding hydrogens is 252 g/mol. The van der Waals surface area contributed by atoms with Crippen molar-refractivity contribution in [3.05, 3.63) is 36.0 Å². The van der Waals surface area contributed by atoms with Crippen molar-refractivity contribution in [3.63, 3.8) is 0 Å². The summed E-state index contributed by atoms with van der Waals surface area (Å²) in [7, 11) is 0. The number of fused-ring (bicyclic) bond motifs is 1. The van der Waals surface area contributed by atoms with E-state index in [-0.39, 0.29) is 12.5 Å². The van der Waals surface area contributed by atoms with Gasteiger partial charge in [0.15, 0.2) is 0 Å². The number of carbonyl (C=O) groups excluding carboxylic acids is 1. The average Bonchev–Trinajstić information content (AvgIpc) is 2.92. The van der Waals surface area contributed by atoms with E-state index in [2.05, 4.69) is 10.3 Å². The molecule has 1 fully saturated rings. The molecule has 1 aliphatic rings. The number of aliphatic hydroxyl groups excluding tert-OH is 1. The third kappa shape index (κ3) is 2.43. The van der Waals surface area contributed by atoms with Crippen molar-refractivity contribution in [3.8, 4) is 0 Å². The first kappa shape index (κ1) is 13.2. The molecule has 4 heteroatoms. The Morgan fingerprint density at radius 1 is 1.25 bits per heavy atom.